The predicted octanol–water partition coefficient (Wildman–Crippen LogP) is 2.04. The maximum Gasteiger partial charge on any atom is 0.158 e. The molecule has 0 saturated heterocycles. The fourth-order valence-corrected chi connectivity index (χ4v) is 1.62. The van der Waals surface area contributed by atoms with E-state index in [1.54, 1.807) is 0 Å². The smallest absolute Gasteiger partial charge is 0.158 e. The Hall–Kier alpha value is -0.630. The van der Waals surface area contributed by atoms with Crippen molar-refractivity contribution < 1.29 is 4.79 Å². The van der Waals surface area contributed by atoms with Crippen LogP contribution >= 0.6 is 0 Å². The first kappa shape index (κ1) is 10.5. The lowest BCUT2D eigenvalue weighted by molar-refractivity contribution is -0.116. The molecule has 74 valence electrons. The highest BCUT2D eigenvalue weighted by Crippen LogP contribution is 2.20. The third-order valence-electron chi connectivity index (χ3n) is 2.59. The van der Waals surface area contributed by atoms with E-state index in [9.17, 15) is 4.79 Å². The van der Waals surface area contributed by atoms with E-state index in [-0.39, 0.29) is 0 Å². The van der Waals surface area contributed by atoms with E-state index in [0.29, 0.717) is 24.7 Å². The standard InChI is InChI=1S/C11H19NO/c1-9(8-12)7-11(13)10-5-3-2-4-6-10/h5,9H,2-4,6-8,12H2,1H3. The zero-order valence-electron chi connectivity index (χ0n) is 8.38. The van der Waals surface area contributed by atoms with E-state index >= 15 is 0 Å². The second-order valence-corrected chi connectivity index (χ2v) is 3.94. The molecule has 1 aliphatic carbocycles. The molecule has 0 aromatic carbocycles. The van der Waals surface area contributed by atoms with E-state index in [0.717, 1.165) is 18.4 Å². The highest BCUT2D eigenvalue weighted by atomic mass is 16.1. The van der Waals surface area contributed by atoms with Crippen LogP contribution in [0, 0.1) is 5.92 Å². The Morgan fingerprint density at radius 1 is 1.62 bits per heavy atom. The van der Waals surface area contributed by atoms with Crippen molar-refractivity contribution in [3.8, 4) is 0 Å². The van der Waals surface area contributed by atoms with Gasteiger partial charge in [-0.3, -0.25) is 4.79 Å². The lowest BCUT2D eigenvalue weighted by atomic mass is 9.92. The summed E-state index contributed by atoms with van der Waals surface area (Å²) >= 11 is 0. The summed E-state index contributed by atoms with van der Waals surface area (Å²) in [5.74, 6) is 0.646. The van der Waals surface area contributed by atoms with E-state index in [1.165, 1.54) is 12.8 Å². The van der Waals surface area contributed by atoms with Gasteiger partial charge in [0.2, 0.25) is 0 Å². The van der Waals surface area contributed by atoms with Gasteiger partial charge in [0.25, 0.3) is 0 Å². The molecule has 0 fully saturated rings. The molecular formula is C11H19NO. The second-order valence-electron chi connectivity index (χ2n) is 3.94. The summed E-state index contributed by atoms with van der Waals surface area (Å²) in [7, 11) is 0. The van der Waals surface area contributed by atoms with Crippen LogP contribution in [0.25, 0.3) is 0 Å². The number of rotatable bonds is 4. The summed E-state index contributed by atoms with van der Waals surface area (Å²) in [6.07, 6.45) is 7.21. The van der Waals surface area contributed by atoms with Gasteiger partial charge in [-0.05, 0) is 43.7 Å². The molecule has 2 N–H and O–H groups in total. The largest absolute Gasteiger partial charge is 0.330 e. The van der Waals surface area contributed by atoms with E-state index < -0.39 is 0 Å². The summed E-state index contributed by atoms with van der Waals surface area (Å²) in [5, 5.41) is 0. The molecule has 2 heteroatoms. The van der Waals surface area contributed by atoms with Crippen LogP contribution in [0.3, 0.4) is 0 Å². The molecule has 1 aliphatic rings. The van der Waals surface area contributed by atoms with Crippen molar-refractivity contribution in [2.75, 3.05) is 6.54 Å². The lowest BCUT2D eigenvalue weighted by Gasteiger charge is -2.13. The monoisotopic (exact) mass is 181 g/mol. The molecule has 0 aliphatic heterocycles. The maximum absolute atomic E-state index is 11.6. The predicted molar refractivity (Wildman–Crippen MR) is 54.4 cm³/mol. The Morgan fingerprint density at radius 2 is 2.38 bits per heavy atom. The van der Waals surface area contributed by atoms with Gasteiger partial charge in [-0.2, -0.15) is 0 Å². The van der Waals surface area contributed by atoms with Crippen molar-refractivity contribution in [2.45, 2.75) is 39.0 Å². The molecular weight excluding hydrogens is 162 g/mol. The molecule has 13 heavy (non-hydrogen) atoms. The van der Waals surface area contributed by atoms with Crippen LogP contribution in [-0.4, -0.2) is 12.3 Å². The van der Waals surface area contributed by atoms with Gasteiger partial charge in [0.15, 0.2) is 5.78 Å². The minimum absolute atomic E-state index is 0.317. The molecule has 0 aromatic heterocycles. The number of carbonyl (C=O) groups excluding carboxylic acids is 1. The SMILES string of the molecule is CC(CN)CC(=O)C1=CCCCC1. The van der Waals surface area contributed by atoms with Gasteiger partial charge in [-0.1, -0.05) is 13.0 Å². The van der Waals surface area contributed by atoms with Gasteiger partial charge in [0.05, 0.1) is 0 Å². The van der Waals surface area contributed by atoms with Gasteiger partial charge < -0.3 is 5.73 Å². The molecule has 0 spiro atoms. The Labute approximate surface area is 80.2 Å². The summed E-state index contributed by atoms with van der Waals surface area (Å²) in [6.45, 7) is 2.64. The van der Waals surface area contributed by atoms with Crippen molar-refractivity contribution in [3.63, 3.8) is 0 Å². The summed E-state index contributed by atoms with van der Waals surface area (Å²) in [5.41, 5.74) is 6.53. The minimum Gasteiger partial charge on any atom is -0.330 e. The number of hydrogen-bond acceptors (Lipinski definition) is 2. The molecule has 0 radical (unpaired) electrons. The molecule has 0 saturated carbocycles. The summed E-state index contributed by atoms with van der Waals surface area (Å²) in [6, 6.07) is 0. The molecule has 0 bridgehead atoms. The molecule has 0 aromatic rings. The second kappa shape index (κ2) is 5.18. The zero-order chi connectivity index (χ0) is 9.68. The van der Waals surface area contributed by atoms with Crippen LogP contribution in [0.1, 0.15) is 39.0 Å². The zero-order valence-corrected chi connectivity index (χ0v) is 8.38. The van der Waals surface area contributed by atoms with Gasteiger partial charge in [-0.25, -0.2) is 0 Å². The van der Waals surface area contributed by atoms with Crippen molar-refractivity contribution in [3.05, 3.63) is 11.6 Å². The number of Topliss-reactive ketones (excluding diaryl/α,β-unsaturated/α-hetero) is 1. The molecule has 0 amide bonds. The number of nitrogens with two attached hydrogens (primary N) is 1. The molecule has 1 atom stereocenters. The Bertz CT molecular complexity index is 208. The van der Waals surface area contributed by atoms with Crippen LogP contribution in [0.4, 0.5) is 0 Å². The van der Waals surface area contributed by atoms with E-state index in [4.69, 9.17) is 5.73 Å². The van der Waals surface area contributed by atoms with Gasteiger partial charge in [0, 0.05) is 6.42 Å². The van der Waals surface area contributed by atoms with Crippen molar-refractivity contribution in [1.82, 2.24) is 0 Å². The quantitative estimate of drug-likeness (QED) is 0.721. The first-order valence-electron chi connectivity index (χ1n) is 5.16. The third-order valence-corrected chi connectivity index (χ3v) is 2.59. The normalized spacial score (nSPS) is 19.4. The highest BCUT2D eigenvalue weighted by molar-refractivity contribution is 5.95. The summed E-state index contributed by atoms with van der Waals surface area (Å²) < 4.78 is 0. The fraction of sp³-hybridized carbons (Fsp3) is 0.727. The van der Waals surface area contributed by atoms with Crippen LogP contribution in [0.2, 0.25) is 0 Å². The van der Waals surface area contributed by atoms with E-state index in [1.807, 2.05) is 6.92 Å². The molecule has 1 rings (SSSR count). The molecule has 2 nitrogen and oxygen atoms in total. The topological polar surface area (TPSA) is 43.1 Å². The summed E-state index contributed by atoms with van der Waals surface area (Å²) in [4.78, 5) is 11.6. The first-order valence-corrected chi connectivity index (χ1v) is 5.16. The van der Waals surface area contributed by atoms with Crippen molar-refractivity contribution in [2.24, 2.45) is 11.7 Å². The van der Waals surface area contributed by atoms with Gasteiger partial charge >= 0.3 is 0 Å². The third kappa shape index (κ3) is 3.31. The average Bonchev–Trinajstić information content (AvgIpc) is 2.19. The van der Waals surface area contributed by atoms with Crippen molar-refractivity contribution >= 4 is 5.78 Å². The number of carbonyl (C=O) groups is 1. The highest BCUT2D eigenvalue weighted by Gasteiger charge is 2.14. The molecule has 1 unspecified atom stereocenters. The maximum atomic E-state index is 11.6. The van der Waals surface area contributed by atoms with Crippen LogP contribution < -0.4 is 5.73 Å². The lowest BCUT2D eigenvalue weighted by Crippen LogP contribution is -2.16. The Balaban J connectivity index is 2.42. The van der Waals surface area contributed by atoms with Crippen LogP contribution in [0.15, 0.2) is 11.6 Å². The van der Waals surface area contributed by atoms with Gasteiger partial charge in [-0.15, -0.1) is 0 Å². The Kier molecular flexibility index (Phi) is 4.16. The number of ketones is 1. The average molecular weight is 181 g/mol. The van der Waals surface area contributed by atoms with Crippen LogP contribution in [-0.2, 0) is 4.79 Å². The van der Waals surface area contributed by atoms with Gasteiger partial charge in [0.1, 0.15) is 0 Å². The van der Waals surface area contributed by atoms with Crippen LogP contribution in [0.5, 0.6) is 0 Å². The minimum atomic E-state index is 0.317. The molecule has 0 heterocycles. The number of hydrogen-bond donors (Lipinski definition) is 1. The Morgan fingerprint density at radius 3 is 2.92 bits per heavy atom. The van der Waals surface area contributed by atoms with E-state index in [2.05, 4.69) is 6.08 Å². The fourth-order valence-electron chi connectivity index (χ4n) is 1.62. The number of allylic oxidation sites excluding steroid dienone is 2. The van der Waals surface area contributed by atoms with Crippen molar-refractivity contribution in [1.29, 1.82) is 0 Å². The first-order chi connectivity index (χ1) is 6.24.